The number of allylic oxidation sites excluding steroid dienone is 3. The Morgan fingerprint density at radius 2 is 2.00 bits per heavy atom. The first-order chi connectivity index (χ1) is 5.70. The summed E-state index contributed by atoms with van der Waals surface area (Å²) in [5, 5.41) is 3.32. The maximum atomic E-state index is 3.32. The molecule has 0 saturated carbocycles. The molecule has 0 heterocycles. The molecular weight excluding hydrogens is 146 g/mol. The molecule has 0 aromatic heterocycles. The molecule has 0 spiro atoms. The van der Waals surface area contributed by atoms with Gasteiger partial charge in [0.1, 0.15) is 0 Å². The van der Waals surface area contributed by atoms with E-state index in [-0.39, 0.29) is 0 Å². The molecule has 12 heavy (non-hydrogen) atoms. The summed E-state index contributed by atoms with van der Waals surface area (Å²) in [5.74, 6) is 0.612. The van der Waals surface area contributed by atoms with Crippen molar-refractivity contribution in [2.45, 2.75) is 34.1 Å². The van der Waals surface area contributed by atoms with Crippen molar-refractivity contribution in [2.75, 3.05) is 6.54 Å². The minimum atomic E-state index is 0.612. The van der Waals surface area contributed by atoms with Crippen LogP contribution in [0.5, 0.6) is 0 Å². The van der Waals surface area contributed by atoms with E-state index in [1.807, 2.05) is 0 Å². The first-order valence-electron chi connectivity index (χ1n) is 4.82. The predicted molar refractivity (Wildman–Crippen MR) is 56.0 cm³/mol. The molecule has 0 aromatic rings. The summed E-state index contributed by atoms with van der Waals surface area (Å²) in [4.78, 5) is 0. The van der Waals surface area contributed by atoms with Gasteiger partial charge in [-0.05, 0) is 25.3 Å². The lowest BCUT2D eigenvalue weighted by atomic mass is 10.1. The number of nitrogens with one attached hydrogen (secondary N) is 1. The molecule has 0 aliphatic rings. The quantitative estimate of drug-likeness (QED) is 0.620. The zero-order valence-corrected chi connectivity index (χ0v) is 8.72. The summed E-state index contributed by atoms with van der Waals surface area (Å²) in [6, 6.07) is 0. The van der Waals surface area contributed by atoms with Gasteiger partial charge in [-0.25, -0.2) is 0 Å². The molecule has 0 aliphatic heterocycles. The molecule has 0 radical (unpaired) electrons. The lowest BCUT2D eigenvalue weighted by Gasteiger charge is -2.05. The van der Waals surface area contributed by atoms with Gasteiger partial charge >= 0.3 is 0 Å². The summed E-state index contributed by atoms with van der Waals surface area (Å²) in [7, 11) is 0. The van der Waals surface area contributed by atoms with Gasteiger partial charge in [0.15, 0.2) is 0 Å². The van der Waals surface area contributed by atoms with E-state index >= 15 is 0 Å². The topological polar surface area (TPSA) is 12.0 Å². The van der Waals surface area contributed by atoms with Crippen molar-refractivity contribution in [3.8, 4) is 0 Å². The minimum Gasteiger partial charge on any atom is -0.386 e. The Balaban J connectivity index is 4.12. The Morgan fingerprint density at radius 1 is 1.33 bits per heavy atom. The summed E-state index contributed by atoms with van der Waals surface area (Å²) >= 11 is 0. The van der Waals surface area contributed by atoms with Crippen LogP contribution in [0, 0.1) is 5.92 Å². The minimum absolute atomic E-state index is 0.612. The average Bonchev–Trinajstić information content (AvgIpc) is 2.00. The second kappa shape index (κ2) is 6.96. The summed E-state index contributed by atoms with van der Waals surface area (Å²) in [6.07, 6.45) is 7.68. The van der Waals surface area contributed by atoms with Gasteiger partial charge in [-0.1, -0.05) is 32.9 Å². The highest BCUT2D eigenvalue weighted by Crippen LogP contribution is 2.01. The van der Waals surface area contributed by atoms with Crippen molar-refractivity contribution >= 4 is 0 Å². The molecular formula is C11H21N. The first kappa shape index (κ1) is 11.3. The van der Waals surface area contributed by atoms with E-state index in [1.54, 1.807) is 0 Å². The van der Waals surface area contributed by atoms with Crippen LogP contribution >= 0.6 is 0 Å². The van der Waals surface area contributed by atoms with E-state index in [2.05, 4.69) is 51.2 Å². The first-order valence-corrected chi connectivity index (χ1v) is 4.82. The van der Waals surface area contributed by atoms with Gasteiger partial charge in [0.2, 0.25) is 0 Å². The fourth-order valence-electron chi connectivity index (χ4n) is 0.981. The molecule has 0 amide bonds. The van der Waals surface area contributed by atoms with Crippen LogP contribution in [-0.2, 0) is 0 Å². The normalized spacial score (nSPS) is 12.9. The largest absolute Gasteiger partial charge is 0.386 e. The van der Waals surface area contributed by atoms with E-state index in [1.165, 1.54) is 5.70 Å². The number of hydrogen-bond donors (Lipinski definition) is 1. The number of likely N-dealkylation sites (N-methyl/N-ethyl adjacent to an activating group) is 1. The average molecular weight is 167 g/mol. The summed E-state index contributed by atoms with van der Waals surface area (Å²) in [5.41, 5.74) is 1.24. The van der Waals surface area contributed by atoms with Crippen LogP contribution < -0.4 is 5.32 Å². The smallest absolute Gasteiger partial charge is 0.0298 e. The van der Waals surface area contributed by atoms with Crippen LogP contribution in [-0.4, -0.2) is 6.54 Å². The van der Waals surface area contributed by atoms with Crippen molar-refractivity contribution in [3.05, 3.63) is 23.9 Å². The van der Waals surface area contributed by atoms with Crippen molar-refractivity contribution in [3.63, 3.8) is 0 Å². The lowest BCUT2D eigenvalue weighted by Crippen LogP contribution is -2.11. The van der Waals surface area contributed by atoms with Gasteiger partial charge in [-0.2, -0.15) is 0 Å². The van der Waals surface area contributed by atoms with Crippen LogP contribution in [0.1, 0.15) is 34.1 Å². The predicted octanol–water partition coefficient (Wildman–Crippen LogP) is 3.10. The zero-order valence-electron chi connectivity index (χ0n) is 8.72. The highest BCUT2D eigenvalue weighted by Gasteiger charge is 1.91. The molecule has 70 valence electrons. The Bertz CT molecular complexity index is 154. The number of rotatable bonds is 5. The van der Waals surface area contributed by atoms with Gasteiger partial charge < -0.3 is 5.32 Å². The molecule has 0 unspecified atom stereocenters. The van der Waals surface area contributed by atoms with Gasteiger partial charge in [0.25, 0.3) is 0 Å². The SMILES string of the molecule is CC/C=C\C(=C/C(C)C)NCC. The van der Waals surface area contributed by atoms with Crippen molar-refractivity contribution in [2.24, 2.45) is 5.92 Å². The monoisotopic (exact) mass is 167 g/mol. The molecule has 0 aliphatic carbocycles. The van der Waals surface area contributed by atoms with Crippen LogP contribution in [0.4, 0.5) is 0 Å². The molecule has 0 saturated heterocycles. The standard InChI is InChI=1S/C11H21N/c1-5-7-8-11(12-6-2)9-10(3)4/h7-10,12H,5-6H2,1-4H3/b8-7-,11-9+. The zero-order chi connectivity index (χ0) is 9.40. The van der Waals surface area contributed by atoms with Crippen LogP contribution in [0.25, 0.3) is 0 Å². The number of hydrogen-bond acceptors (Lipinski definition) is 1. The third-order valence-electron chi connectivity index (χ3n) is 1.43. The Kier molecular flexibility index (Phi) is 6.54. The van der Waals surface area contributed by atoms with E-state index in [0.717, 1.165) is 13.0 Å². The van der Waals surface area contributed by atoms with Gasteiger partial charge in [-0.3, -0.25) is 0 Å². The van der Waals surface area contributed by atoms with Crippen molar-refractivity contribution in [1.82, 2.24) is 5.32 Å². The second-order valence-electron chi connectivity index (χ2n) is 3.21. The van der Waals surface area contributed by atoms with Crippen LogP contribution in [0.2, 0.25) is 0 Å². The summed E-state index contributed by atoms with van der Waals surface area (Å²) < 4.78 is 0. The van der Waals surface area contributed by atoms with Gasteiger partial charge in [0, 0.05) is 12.2 Å². The molecule has 1 heteroatoms. The molecule has 0 aromatic carbocycles. The second-order valence-corrected chi connectivity index (χ2v) is 3.21. The van der Waals surface area contributed by atoms with Gasteiger partial charge in [0.05, 0.1) is 0 Å². The molecule has 0 atom stereocenters. The highest BCUT2D eigenvalue weighted by molar-refractivity contribution is 5.17. The van der Waals surface area contributed by atoms with Crippen molar-refractivity contribution < 1.29 is 0 Å². The Hall–Kier alpha value is -0.720. The van der Waals surface area contributed by atoms with Gasteiger partial charge in [-0.15, -0.1) is 0 Å². The molecule has 0 bridgehead atoms. The fraction of sp³-hybridized carbons (Fsp3) is 0.636. The Morgan fingerprint density at radius 3 is 2.42 bits per heavy atom. The molecule has 1 nitrogen and oxygen atoms in total. The maximum Gasteiger partial charge on any atom is 0.0298 e. The highest BCUT2D eigenvalue weighted by atomic mass is 14.9. The van der Waals surface area contributed by atoms with E-state index in [4.69, 9.17) is 0 Å². The molecule has 1 N–H and O–H groups in total. The molecule has 0 rings (SSSR count). The van der Waals surface area contributed by atoms with Crippen molar-refractivity contribution in [1.29, 1.82) is 0 Å². The van der Waals surface area contributed by atoms with Crippen LogP contribution in [0.3, 0.4) is 0 Å². The molecule has 0 fully saturated rings. The fourth-order valence-corrected chi connectivity index (χ4v) is 0.981. The van der Waals surface area contributed by atoms with E-state index < -0.39 is 0 Å². The third kappa shape index (κ3) is 6.02. The lowest BCUT2D eigenvalue weighted by molar-refractivity contribution is 0.790. The maximum absolute atomic E-state index is 3.32. The summed E-state index contributed by atoms with van der Waals surface area (Å²) in [6.45, 7) is 9.64. The third-order valence-corrected chi connectivity index (χ3v) is 1.43. The van der Waals surface area contributed by atoms with E-state index in [9.17, 15) is 0 Å². The van der Waals surface area contributed by atoms with E-state index in [0.29, 0.717) is 5.92 Å². The van der Waals surface area contributed by atoms with Crippen LogP contribution in [0.15, 0.2) is 23.9 Å². The Labute approximate surface area is 76.6 Å².